The molecule has 9 aromatic rings. The molecule has 0 aliphatic heterocycles. The molecule has 0 radical (unpaired) electrons. The van der Waals surface area contributed by atoms with E-state index in [1.54, 1.807) is 0 Å². The lowest BCUT2D eigenvalue weighted by Gasteiger charge is -2.26. The Morgan fingerprint density at radius 3 is 0.817 bits per heavy atom. The monoisotopic (exact) mass is 775 g/mol. The number of rotatable bonds is 11. The molecule has 0 atom stereocenters. The molecule has 7 aromatic carbocycles. The maximum absolute atomic E-state index is 4.31. The summed E-state index contributed by atoms with van der Waals surface area (Å²) in [5.41, 5.74) is 18.1. The van der Waals surface area contributed by atoms with Crippen LogP contribution in [0.15, 0.2) is 219 Å². The van der Waals surface area contributed by atoms with E-state index < -0.39 is 0 Å². The van der Waals surface area contributed by atoms with Crippen molar-refractivity contribution >= 4 is 51.2 Å². The Morgan fingerprint density at radius 2 is 0.517 bits per heavy atom. The number of nitrogens with zero attached hydrogens (tertiary/aromatic N) is 5. The van der Waals surface area contributed by atoms with E-state index in [0.717, 1.165) is 73.4 Å². The topological polar surface area (TPSA) is 35.5 Å². The molecule has 0 N–H and O–H groups in total. The Bertz CT molecular complexity index is 2760. The number of hydrogen-bond donors (Lipinski definition) is 0. The molecule has 0 saturated carbocycles. The van der Waals surface area contributed by atoms with Crippen LogP contribution in [0, 0.1) is 20.8 Å². The van der Waals surface area contributed by atoms with Gasteiger partial charge in [-0.1, -0.05) is 90.5 Å². The van der Waals surface area contributed by atoms with Gasteiger partial charge in [-0.25, -0.2) is 0 Å². The zero-order valence-corrected chi connectivity index (χ0v) is 34.0. The van der Waals surface area contributed by atoms with Crippen LogP contribution < -0.4 is 14.7 Å². The van der Waals surface area contributed by atoms with Crippen molar-refractivity contribution in [1.82, 2.24) is 9.97 Å². The van der Waals surface area contributed by atoms with Crippen molar-refractivity contribution in [1.29, 1.82) is 0 Å². The smallest absolute Gasteiger partial charge is 0.0492 e. The van der Waals surface area contributed by atoms with Gasteiger partial charge < -0.3 is 14.7 Å². The van der Waals surface area contributed by atoms with Crippen molar-refractivity contribution in [3.8, 4) is 22.3 Å². The summed E-state index contributed by atoms with van der Waals surface area (Å²) >= 11 is 0. The zero-order chi connectivity index (χ0) is 40.8. The van der Waals surface area contributed by atoms with E-state index in [-0.39, 0.29) is 0 Å². The highest BCUT2D eigenvalue weighted by atomic mass is 15.2. The zero-order valence-electron chi connectivity index (χ0n) is 34.0. The van der Waals surface area contributed by atoms with Crippen molar-refractivity contribution in [3.05, 3.63) is 236 Å². The molecule has 0 aliphatic rings. The second-order valence-corrected chi connectivity index (χ2v) is 15.1. The molecule has 0 spiro atoms. The Balaban J connectivity index is 0.974. The third-order valence-electron chi connectivity index (χ3n) is 10.8. The third kappa shape index (κ3) is 8.15. The predicted octanol–water partition coefficient (Wildman–Crippen LogP) is 15.1. The van der Waals surface area contributed by atoms with Crippen LogP contribution in [0.2, 0.25) is 0 Å². The molecule has 0 unspecified atom stereocenters. The lowest BCUT2D eigenvalue weighted by atomic mass is 10.0. The molecule has 0 saturated heterocycles. The summed E-state index contributed by atoms with van der Waals surface area (Å²) in [6, 6.07) is 69.4. The van der Waals surface area contributed by atoms with E-state index in [9.17, 15) is 0 Å². The molecular formula is C55H45N5. The summed E-state index contributed by atoms with van der Waals surface area (Å²) in [5, 5.41) is 0. The van der Waals surface area contributed by atoms with Crippen molar-refractivity contribution < 1.29 is 0 Å². The summed E-state index contributed by atoms with van der Waals surface area (Å²) in [6.07, 6.45) is 7.36. The summed E-state index contributed by atoms with van der Waals surface area (Å²) in [7, 11) is 0. The highest BCUT2D eigenvalue weighted by Crippen LogP contribution is 2.40. The minimum Gasteiger partial charge on any atom is -0.310 e. The van der Waals surface area contributed by atoms with Crippen molar-refractivity contribution in [2.24, 2.45) is 0 Å². The number of aromatic nitrogens is 2. The van der Waals surface area contributed by atoms with Gasteiger partial charge in [0.2, 0.25) is 0 Å². The molecule has 60 heavy (non-hydrogen) atoms. The van der Waals surface area contributed by atoms with Crippen LogP contribution in [-0.4, -0.2) is 9.97 Å². The van der Waals surface area contributed by atoms with E-state index in [2.05, 4.69) is 227 Å². The first-order valence-electron chi connectivity index (χ1n) is 20.3. The standard InChI is InChI=1S/C55H45N5/c1-40-10-20-47(21-11-40)58(52-30-34-56-35-31-52)48-22-12-43(13-23-48)44-14-24-49(25-15-44)59(53-32-36-57-37-33-53)50-26-16-45(17-27-50)46-18-28-51(29-19-46)60(54-8-4-6-41(2)38-54)55-9-5-7-42(3)39-55/h4-39H,1-3H3. The number of anilines is 9. The average molecular weight is 776 g/mol. The molecule has 9 rings (SSSR count). The Hall–Kier alpha value is -7.76. The summed E-state index contributed by atoms with van der Waals surface area (Å²) in [5.74, 6) is 0. The summed E-state index contributed by atoms with van der Waals surface area (Å²) in [4.78, 5) is 15.4. The molecule has 0 fully saturated rings. The molecule has 0 amide bonds. The first kappa shape index (κ1) is 37.8. The van der Waals surface area contributed by atoms with Crippen LogP contribution in [0.1, 0.15) is 16.7 Å². The van der Waals surface area contributed by atoms with Gasteiger partial charge in [0, 0.05) is 76.0 Å². The minimum absolute atomic E-state index is 1.04. The molecule has 0 aliphatic carbocycles. The second-order valence-electron chi connectivity index (χ2n) is 15.1. The highest BCUT2D eigenvalue weighted by molar-refractivity contribution is 5.83. The van der Waals surface area contributed by atoms with Gasteiger partial charge in [-0.3, -0.25) is 9.97 Å². The van der Waals surface area contributed by atoms with Gasteiger partial charge in [-0.15, -0.1) is 0 Å². The lowest BCUT2D eigenvalue weighted by molar-refractivity contribution is 1.24. The largest absolute Gasteiger partial charge is 0.310 e. The van der Waals surface area contributed by atoms with E-state index >= 15 is 0 Å². The quantitative estimate of drug-likeness (QED) is 0.131. The second kappa shape index (κ2) is 17.0. The van der Waals surface area contributed by atoms with Crippen LogP contribution in [0.3, 0.4) is 0 Å². The normalized spacial score (nSPS) is 10.9. The molecule has 290 valence electrons. The fourth-order valence-corrected chi connectivity index (χ4v) is 7.77. The van der Waals surface area contributed by atoms with Gasteiger partial charge in [-0.05, 0) is 163 Å². The van der Waals surface area contributed by atoms with Crippen LogP contribution >= 0.6 is 0 Å². The average Bonchev–Trinajstić information content (AvgIpc) is 3.29. The van der Waals surface area contributed by atoms with Crippen LogP contribution in [0.5, 0.6) is 0 Å². The summed E-state index contributed by atoms with van der Waals surface area (Å²) in [6.45, 7) is 6.39. The predicted molar refractivity (Wildman–Crippen MR) is 251 cm³/mol. The molecule has 5 heteroatoms. The number of aryl methyl sites for hydroxylation is 3. The van der Waals surface area contributed by atoms with Gasteiger partial charge in [0.15, 0.2) is 0 Å². The molecule has 0 bridgehead atoms. The van der Waals surface area contributed by atoms with E-state index in [4.69, 9.17) is 0 Å². The van der Waals surface area contributed by atoms with Crippen molar-refractivity contribution in [3.63, 3.8) is 0 Å². The van der Waals surface area contributed by atoms with Crippen LogP contribution in [0.4, 0.5) is 51.2 Å². The molecular weight excluding hydrogens is 731 g/mol. The fraction of sp³-hybridized carbons (Fsp3) is 0.0545. The number of hydrogen-bond acceptors (Lipinski definition) is 5. The molecule has 2 aromatic heterocycles. The first-order valence-corrected chi connectivity index (χ1v) is 20.3. The van der Waals surface area contributed by atoms with E-state index in [1.807, 2.05) is 36.9 Å². The SMILES string of the molecule is Cc1ccc(N(c2ccncc2)c2ccc(-c3ccc(N(c4ccncc4)c4ccc(-c5ccc(N(c6cccc(C)c6)c6cccc(C)c6)cc5)cc4)cc3)cc2)cc1. The maximum Gasteiger partial charge on any atom is 0.0492 e. The minimum atomic E-state index is 1.04. The first-order chi connectivity index (χ1) is 29.5. The Morgan fingerprint density at radius 1 is 0.250 bits per heavy atom. The lowest BCUT2D eigenvalue weighted by Crippen LogP contribution is -2.10. The van der Waals surface area contributed by atoms with E-state index in [0.29, 0.717) is 0 Å². The Kier molecular flexibility index (Phi) is 10.7. The highest BCUT2D eigenvalue weighted by Gasteiger charge is 2.17. The van der Waals surface area contributed by atoms with Crippen molar-refractivity contribution in [2.45, 2.75) is 20.8 Å². The Labute approximate surface area is 353 Å². The van der Waals surface area contributed by atoms with E-state index in [1.165, 1.54) is 16.7 Å². The van der Waals surface area contributed by atoms with Gasteiger partial charge in [0.1, 0.15) is 0 Å². The summed E-state index contributed by atoms with van der Waals surface area (Å²) < 4.78 is 0. The van der Waals surface area contributed by atoms with Gasteiger partial charge in [0.05, 0.1) is 0 Å². The maximum atomic E-state index is 4.31. The van der Waals surface area contributed by atoms with Gasteiger partial charge >= 0.3 is 0 Å². The molecule has 5 nitrogen and oxygen atoms in total. The molecule has 2 heterocycles. The van der Waals surface area contributed by atoms with Crippen LogP contribution in [-0.2, 0) is 0 Å². The number of pyridine rings is 2. The van der Waals surface area contributed by atoms with Crippen molar-refractivity contribution in [2.75, 3.05) is 14.7 Å². The fourth-order valence-electron chi connectivity index (χ4n) is 7.77. The van der Waals surface area contributed by atoms with Gasteiger partial charge in [0.25, 0.3) is 0 Å². The van der Waals surface area contributed by atoms with Crippen LogP contribution in [0.25, 0.3) is 22.3 Å². The number of benzene rings is 7. The van der Waals surface area contributed by atoms with Gasteiger partial charge in [-0.2, -0.15) is 0 Å². The third-order valence-corrected chi connectivity index (χ3v) is 10.8.